The van der Waals surface area contributed by atoms with Crippen LogP contribution in [0, 0.1) is 0 Å². The van der Waals surface area contributed by atoms with Crippen molar-refractivity contribution in [1.29, 1.82) is 0 Å². The van der Waals surface area contributed by atoms with Crippen LogP contribution in [-0.2, 0) is 10.0 Å². The highest BCUT2D eigenvalue weighted by molar-refractivity contribution is 7.94. The topological polar surface area (TPSA) is 63.2 Å². The zero-order valence-electron chi connectivity index (χ0n) is 9.88. The normalized spacial score (nSPS) is 11.3. The van der Waals surface area contributed by atoms with E-state index in [0.717, 1.165) is 11.3 Å². The molecular weight excluding hydrogens is 306 g/mol. The van der Waals surface area contributed by atoms with Crippen LogP contribution in [0.2, 0.25) is 4.34 Å². The molecule has 1 heterocycles. The summed E-state index contributed by atoms with van der Waals surface area (Å²) >= 11 is 6.68. The first kappa shape index (κ1) is 14.0. The predicted octanol–water partition coefficient (Wildman–Crippen LogP) is 3.40. The van der Waals surface area contributed by atoms with Gasteiger partial charge in [0.05, 0.1) is 10.0 Å². The maximum atomic E-state index is 12.1. The molecule has 0 aliphatic heterocycles. The summed E-state index contributed by atoms with van der Waals surface area (Å²) in [6, 6.07) is 9.39. The first-order chi connectivity index (χ1) is 8.90. The van der Waals surface area contributed by atoms with E-state index < -0.39 is 10.0 Å². The third kappa shape index (κ3) is 3.15. The van der Waals surface area contributed by atoms with Crippen molar-refractivity contribution in [3.8, 4) is 0 Å². The Kier molecular flexibility index (Phi) is 3.93. The highest BCUT2D eigenvalue weighted by atomic mass is 35.5. The molecule has 0 amide bonds. The molecule has 1 N–H and O–H groups in total. The number of thiophene rings is 1. The van der Waals surface area contributed by atoms with Crippen LogP contribution in [0.25, 0.3) is 0 Å². The summed E-state index contributed by atoms with van der Waals surface area (Å²) in [5.41, 5.74) is 0.591. The first-order valence-electron chi connectivity index (χ1n) is 5.28. The van der Waals surface area contributed by atoms with Crippen LogP contribution in [0.1, 0.15) is 17.3 Å². The number of carbonyl (C=O) groups is 1. The number of hydrogen-bond donors (Lipinski definition) is 1. The molecule has 0 saturated carbocycles. The number of ketones is 1. The van der Waals surface area contributed by atoms with E-state index in [1.807, 2.05) is 0 Å². The van der Waals surface area contributed by atoms with Crippen molar-refractivity contribution in [2.24, 2.45) is 0 Å². The summed E-state index contributed by atoms with van der Waals surface area (Å²) in [4.78, 5) is 11.4. The lowest BCUT2D eigenvalue weighted by Gasteiger charge is -2.09. The van der Waals surface area contributed by atoms with E-state index in [1.165, 1.54) is 19.1 Å². The molecule has 1 aromatic carbocycles. The largest absolute Gasteiger partial charge is 0.294 e. The maximum absolute atomic E-state index is 12.1. The molecule has 0 aliphatic rings. The summed E-state index contributed by atoms with van der Waals surface area (Å²) in [6.07, 6.45) is 0. The van der Waals surface area contributed by atoms with Crippen molar-refractivity contribution in [3.05, 3.63) is 46.3 Å². The van der Waals surface area contributed by atoms with Crippen LogP contribution >= 0.6 is 22.9 Å². The van der Waals surface area contributed by atoms with Crippen LogP contribution in [0.4, 0.5) is 5.69 Å². The third-order valence-electron chi connectivity index (χ3n) is 2.36. The highest BCUT2D eigenvalue weighted by Gasteiger charge is 2.18. The molecule has 0 unspecified atom stereocenters. The molecule has 0 atom stereocenters. The quantitative estimate of drug-likeness (QED) is 0.879. The second-order valence-corrected chi connectivity index (χ2v) is 7.39. The van der Waals surface area contributed by atoms with Crippen LogP contribution in [0.3, 0.4) is 0 Å². The van der Waals surface area contributed by atoms with E-state index in [-0.39, 0.29) is 15.7 Å². The molecule has 2 rings (SSSR count). The fourth-order valence-electron chi connectivity index (χ4n) is 1.52. The van der Waals surface area contributed by atoms with Crippen molar-refractivity contribution in [2.45, 2.75) is 11.1 Å². The number of rotatable bonds is 4. The minimum Gasteiger partial charge on any atom is -0.294 e. The van der Waals surface area contributed by atoms with Gasteiger partial charge in [-0.1, -0.05) is 23.7 Å². The van der Waals surface area contributed by atoms with E-state index in [2.05, 4.69) is 4.72 Å². The highest BCUT2D eigenvalue weighted by Crippen LogP contribution is 2.28. The van der Waals surface area contributed by atoms with E-state index in [0.29, 0.717) is 9.90 Å². The van der Waals surface area contributed by atoms with Crippen LogP contribution in [-0.4, -0.2) is 14.2 Å². The summed E-state index contributed by atoms with van der Waals surface area (Å²) in [5.74, 6) is -0.206. The maximum Gasteiger partial charge on any atom is 0.271 e. The lowest BCUT2D eigenvalue weighted by atomic mass is 10.1. The van der Waals surface area contributed by atoms with Gasteiger partial charge in [-0.3, -0.25) is 9.52 Å². The van der Waals surface area contributed by atoms with Crippen molar-refractivity contribution >= 4 is 44.4 Å². The van der Waals surface area contributed by atoms with Gasteiger partial charge in [0.25, 0.3) is 10.0 Å². The fraction of sp³-hybridized carbons (Fsp3) is 0.0833. The van der Waals surface area contributed by atoms with E-state index in [9.17, 15) is 13.2 Å². The van der Waals surface area contributed by atoms with Gasteiger partial charge >= 0.3 is 0 Å². The van der Waals surface area contributed by atoms with Gasteiger partial charge in [0.1, 0.15) is 4.21 Å². The molecule has 19 heavy (non-hydrogen) atoms. The number of benzene rings is 1. The van der Waals surface area contributed by atoms with Crippen molar-refractivity contribution in [3.63, 3.8) is 0 Å². The van der Waals surface area contributed by atoms with E-state index in [4.69, 9.17) is 11.6 Å². The van der Waals surface area contributed by atoms with Gasteiger partial charge in [0, 0.05) is 5.56 Å². The lowest BCUT2D eigenvalue weighted by molar-refractivity contribution is 0.101. The van der Waals surface area contributed by atoms with Gasteiger partial charge < -0.3 is 0 Å². The Hall–Kier alpha value is -1.37. The Morgan fingerprint density at radius 3 is 2.47 bits per heavy atom. The van der Waals surface area contributed by atoms with Gasteiger partial charge in [-0.25, -0.2) is 8.42 Å². The third-order valence-corrected chi connectivity index (χ3v) is 5.45. The van der Waals surface area contributed by atoms with Gasteiger partial charge in [-0.15, -0.1) is 11.3 Å². The Morgan fingerprint density at radius 2 is 1.89 bits per heavy atom. The van der Waals surface area contributed by atoms with E-state index >= 15 is 0 Å². The zero-order chi connectivity index (χ0) is 14.0. The molecule has 7 heteroatoms. The fourth-order valence-corrected chi connectivity index (χ4v) is 4.08. The summed E-state index contributed by atoms with van der Waals surface area (Å²) in [7, 11) is -3.72. The number of sulfonamides is 1. The number of anilines is 1. The average Bonchev–Trinajstić information content (AvgIpc) is 2.76. The summed E-state index contributed by atoms with van der Waals surface area (Å²) in [5, 5.41) is 0. The van der Waals surface area contributed by atoms with Gasteiger partial charge in [0.15, 0.2) is 5.78 Å². The molecule has 0 bridgehead atoms. The summed E-state index contributed by atoms with van der Waals surface area (Å²) < 4.78 is 27.1. The van der Waals surface area contributed by atoms with Crippen molar-refractivity contribution in [1.82, 2.24) is 0 Å². The SMILES string of the molecule is CC(=O)c1ccccc1NS(=O)(=O)c1ccc(Cl)s1. The second-order valence-electron chi connectivity index (χ2n) is 3.77. The molecule has 4 nitrogen and oxygen atoms in total. The summed E-state index contributed by atoms with van der Waals surface area (Å²) in [6.45, 7) is 1.38. The van der Waals surface area contributed by atoms with Gasteiger partial charge in [-0.2, -0.15) is 0 Å². The van der Waals surface area contributed by atoms with Crippen molar-refractivity contribution in [2.75, 3.05) is 4.72 Å². The first-order valence-corrected chi connectivity index (χ1v) is 7.96. The predicted molar refractivity (Wildman–Crippen MR) is 76.6 cm³/mol. The van der Waals surface area contributed by atoms with Crippen LogP contribution in [0.5, 0.6) is 0 Å². The van der Waals surface area contributed by atoms with Crippen molar-refractivity contribution < 1.29 is 13.2 Å². The standard InChI is InChI=1S/C12H10ClNO3S2/c1-8(15)9-4-2-3-5-10(9)14-19(16,17)12-7-6-11(13)18-12/h2-7,14H,1H3. The number of carbonyl (C=O) groups excluding carboxylic acids is 1. The Morgan fingerprint density at radius 1 is 1.21 bits per heavy atom. The molecule has 100 valence electrons. The van der Waals surface area contributed by atoms with Gasteiger partial charge in [-0.05, 0) is 31.2 Å². The Labute approximate surface area is 120 Å². The Bertz CT molecular complexity index is 722. The van der Waals surface area contributed by atoms with Crippen LogP contribution < -0.4 is 4.72 Å². The number of Topliss-reactive ketones (excluding diaryl/α,β-unsaturated/α-hetero) is 1. The molecule has 0 spiro atoms. The minimum atomic E-state index is -3.72. The smallest absolute Gasteiger partial charge is 0.271 e. The molecule has 0 saturated heterocycles. The molecule has 0 fully saturated rings. The van der Waals surface area contributed by atoms with Gasteiger partial charge in [0.2, 0.25) is 0 Å². The average molecular weight is 316 g/mol. The molecule has 0 radical (unpaired) electrons. The molecular formula is C12H10ClNO3S2. The lowest BCUT2D eigenvalue weighted by Crippen LogP contribution is -2.13. The number of para-hydroxylation sites is 1. The molecule has 2 aromatic rings. The molecule has 1 aromatic heterocycles. The van der Waals surface area contributed by atoms with Crippen LogP contribution in [0.15, 0.2) is 40.6 Å². The monoisotopic (exact) mass is 315 g/mol. The number of nitrogens with one attached hydrogen (secondary N) is 1. The number of hydrogen-bond acceptors (Lipinski definition) is 4. The number of halogens is 1. The second kappa shape index (κ2) is 5.32. The zero-order valence-corrected chi connectivity index (χ0v) is 12.3. The Balaban J connectivity index is 2.39. The van der Waals surface area contributed by atoms with E-state index in [1.54, 1.807) is 24.3 Å². The molecule has 0 aliphatic carbocycles. The minimum absolute atomic E-state index is 0.107.